The van der Waals surface area contributed by atoms with E-state index in [0.29, 0.717) is 6.61 Å². The zero-order valence-electron chi connectivity index (χ0n) is 9.05. The lowest BCUT2D eigenvalue weighted by atomic mass is 10.2. The number of aliphatic hydroxyl groups excluding tert-OH is 1. The van der Waals surface area contributed by atoms with Gasteiger partial charge < -0.3 is 15.3 Å². The fourth-order valence-corrected chi connectivity index (χ4v) is 1.31. The van der Waals surface area contributed by atoms with Crippen molar-refractivity contribution in [2.24, 2.45) is 0 Å². The molecule has 3 heteroatoms. The highest BCUT2D eigenvalue weighted by molar-refractivity contribution is 4.53. The molecule has 80 valence electrons. The Hall–Kier alpha value is -0.120. The average Bonchev–Trinajstić information content (AvgIpc) is 2.13. The van der Waals surface area contributed by atoms with Crippen molar-refractivity contribution < 1.29 is 5.11 Å². The molecule has 0 bridgehead atoms. The molecule has 0 aliphatic carbocycles. The van der Waals surface area contributed by atoms with E-state index in [1.807, 2.05) is 7.05 Å². The van der Waals surface area contributed by atoms with Gasteiger partial charge in [-0.25, -0.2) is 0 Å². The van der Waals surface area contributed by atoms with Gasteiger partial charge in [-0.3, -0.25) is 0 Å². The Labute approximate surface area is 82.1 Å². The van der Waals surface area contributed by atoms with E-state index in [1.165, 1.54) is 19.4 Å². The van der Waals surface area contributed by atoms with Crippen LogP contribution in [0.2, 0.25) is 0 Å². The summed E-state index contributed by atoms with van der Waals surface area (Å²) in [6, 6.07) is 0. The predicted molar refractivity (Wildman–Crippen MR) is 57.0 cm³/mol. The van der Waals surface area contributed by atoms with Crippen molar-refractivity contribution >= 4 is 0 Å². The summed E-state index contributed by atoms with van der Waals surface area (Å²) in [6.07, 6.45) is 4.51. The van der Waals surface area contributed by atoms with Crippen molar-refractivity contribution in [3.05, 3.63) is 0 Å². The molecule has 3 nitrogen and oxygen atoms in total. The summed E-state index contributed by atoms with van der Waals surface area (Å²) in [5, 5.41) is 11.7. The fourth-order valence-electron chi connectivity index (χ4n) is 1.31. The second-order valence-electron chi connectivity index (χ2n) is 3.54. The van der Waals surface area contributed by atoms with Gasteiger partial charge in [0, 0.05) is 6.61 Å². The number of unbranched alkanes of at least 4 members (excludes halogenated alkanes) is 2. The molecule has 0 radical (unpaired) electrons. The van der Waals surface area contributed by atoms with Gasteiger partial charge in [-0.1, -0.05) is 0 Å². The van der Waals surface area contributed by atoms with Crippen LogP contribution in [-0.4, -0.2) is 50.3 Å². The van der Waals surface area contributed by atoms with E-state index in [9.17, 15) is 0 Å². The van der Waals surface area contributed by atoms with Crippen molar-refractivity contribution in [2.45, 2.75) is 25.7 Å². The van der Waals surface area contributed by atoms with Crippen LogP contribution in [-0.2, 0) is 0 Å². The third-order valence-electron chi connectivity index (χ3n) is 2.16. The van der Waals surface area contributed by atoms with Crippen molar-refractivity contribution in [3.8, 4) is 0 Å². The van der Waals surface area contributed by atoms with E-state index in [1.54, 1.807) is 0 Å². The maximum atomic E-state index is 8.58. The van der Waals surface area contributed by atoms with E-state index in [0.717, 1.165) is 25.9 Å². The third-order valence-corrected chi connectivity index (χ3v) is 2.16. The Morgan fingerprint density at radius 1 is 1.08 bits per heavy atom. The Bertz CT molecular complexity index is 98.9. The lowest BCUT2D eigenvalue weighted by Crippen LogP contribution is -2.23. The molecule has 0 spiro atoms. The number of hydrogen-bond acceptors (Lipinski definition) is 3. The van der Waals surface area contributed by atoms with Crippen LogP contribution in [0.5, 0.6) is 0 Å². The molecule has 0 aliphatic heterocycles. The number of rotatable bonds is 9. The first-order valence-electron chi connectivity index (χ1n) is 5.25. The van der Waals surface area contributed by atoms with Crippen LogP contribution in [0, 0.1) is 0 Å². The molecule has 2 N–H and O–H groups in total. The van der Waals surface area contributed by atoms with Gasteiger partial charge in [0.05, 0.1) is 0 Å². The van der Waals surface area contributed by atoms with Crippen LogP contribution in [0.3, 0.4) is 0 Å². The number of hydrogen-bond donors (Lipinski definition) is 2. The number of aliphatic hydroxyl groups is 1. The van der Waals surface area contributed by atoms with E-state index in [2.05, 4.69) is 17.3 Å². The topological polar surface area (TPSA) is 35.5 Å². The maximum Gasteiger partial charge on any atom is 0.0431 e. The molecule has 0 saturated heterocycles. The minimum absolute atomic E-state index is 0.337. The molecular formula is C10H24N2O. The molecule has 0 amide bonds. The first-order valence-corrected chi connectivity index (χ1v) is 5.25. The summed E-state index contributed by atoms with van der Waals surface area (Å²) >= 11 is 0. The average molecular weight is 188 g/mol. The van der Waals surface area contributed by atoms with Crippen molar-refractivity contribution in [1.29, 1.82) is 0 Å². The third kappa shape index (κ3) is 9.80. The molecule has 0 atom stereocenters. The molecule has 0 aromatic rings. The lowest BCUT2D eigenvalue weighted by molar-refractivity contribution is 0.272. The minimum Gasteiger partial charge on any atom is -0.396 e. The van der Waals surface area contributed by atoms with Gasteiger partial charge in [-0.05, 0) is 59.4 Å². The monoisotopic (exact) mass is 188 g/mol. The summed E-state index contributed by atoms with van der Waals surface area (Å²) < 4.78 is 0. The van der Waals surface area contributed by atoms with Crippen LogP contribution >= 0.6 is 0 Å². The van der Waals surface area contributed by atoms with Gasteiger partial charge in [-0.2, -0.15) is 0 Å². The highest BCUT2D eigenvalue weighted by Crippen LogP contribution is 1.96. The first kappa shape index (κ1) is 12.9. The Morgan fingerprint density at radius 3 is 2.38 bits per heavy atom. The largest absolute Gasteiger partial charge is 0.396 e. The number of nitrogens with zero attached hydrogens (tertiary/aromatic N) is 1. The molecule has 0 aliphatic rings. The molecule has 0 unspecified atom stereocenters. The van der Waals surface area contributed by atoms with Crippen LogP contribution in [0.4, 0.5) is 0 Å². The molecule has 0 fully saturated rings. The van der Waals surface area contributed by atoms with E-state index in [4.69, 9.17) is 5.11 Å². The highest BCUT2D eigenvalue weighted by Gasteiger charge is 1.96. The van der Waals surface area contributed by atoms with E-state index in [-0.39, 0.29) is 0 Å². The molecular weight excluding hydrogens is 164 g/mol. The van der Waals surface area contributed by atoms with Crippen molar-refractivity contribution in [1.82, 2.24) is 10.2 Å². The summed E-state index contributed by atoms with van der Waals surface area (Å²) in [6.45, 7) is 3.76. The van der Waals surface area contributed by atoms with Gasteiger partial charge in [-0.15, -0.1) is 0 Å². The van der Waals surface area contributed by atoms with Gasteiger partial charge >= 0.3 is 0 Å². The van der Waals surface area contributed by atoms with Gasteiger partial charge in [0.1, 0.15) is 0 Å². The van der Waals surface area contributed by atoms with Crippen LogP contribution in [0.25, 0.3) is 0 Å². The zero-order valence-corrected chi connectivity index (χ0v) is 9.05. The van der Waals surface area contributed by atoms with Gasteiger partial charge in [0.25, 0.3) is 0 Å². The summed E-state index contributed by atoms with van der Waals surface area (Å²) in [7, 11) is 4.15. The second-order valence-corrected chi connectivity index (χ2v) is 3.54. The molecule has 13 heavy (non-hydrogen) atoms. The van der Waals surface area contributed by atoms with E-state index < -0.39 is 0 Å². The maximum absolute atomic E-state index is 8.58. The zero-order chi connectivity index (χ0) is 9.94. The van der Waals surface area contributed by atoms with Crippen LogP contribution in [0.15, 0.2) is 0 Å². The fraction of sp³-hybridized carbons (Fsp3) is 1.00. The predicted octanol–water partition coefficient (Wildman–Crippen LogP) is 0.690. The van der Waals surface area contributed by atoms with E-state index >= 15 is 0 Å². The van der Waals surface area contributed by atoms with Gasteiger partial charge in [0.2, 0.25) is 0 Å². The molecule has 0 aromatic heterocycles. The van der Waals surface area contributed by atoms with Crippen LogP contribution < -0.4 is 5.32 Å². The summed E-state index contributed by atoms with van der Waals surface area (Å²) in [5.74, 6) is 0. The normalized spacial score (nSPS) is 11.1. The molecule has 0 saturated carbocycles. The summed E-state index contributed by atoms with van der Waals surface area (Å²) in [4.78, 5) is 2.36. The quantitative estimate of drug-likeness (QED) is 0.523. The standard InChI is InChI=1S/C10H24N2O/c1-11-7-6-9-12(2)8-4-3-5-10-13/h11,13H,3-10H2,1-2H3. The number of nitrogens with one attached hydrogen (secondary N) is 1. The molecule has 0 rings (SSSR count). The Morgan fingerprint density at radius 2 is 1.77 bits per heavy atom. The summed E-state index contributed by atoms with van der Waals surface area (Å²) in [5.41, 5.74) is 0. The van der Waals surface area contributed by atoms with Crippen molar-refractivity contribution in [3.63, 3.8) is 0 Å². The lowest BCUT2D eigenvalue weighted by Gasteiger charge is -2.15. The first-order chi connectivity index (χ1) is 6.31. The second kappa shape index (κ2) is 9.96. The molecule has 0 aromatic carbocycles. The Kier molecular flexibility index (Phi) is 9.87. The Balaban J connectivity index is 3.05. The van der Waals surface area contributed by atoms with Crippen molar-refractivity contribution in [2.75, 3.05) is 40.3 Å². The smallest absolute Gasteiger partial charge is 0.0431 e. The SMILES string of the molecule is CNCCCN(C)CCCCCO. The minimum atomic E-state index is 0.337. The van der Waals surface area contributed by atoms with Crippen LogP contribution in [0.1, 0.15) is 25.7 Å². The highest BCUT2D eigenvalue weighted by atomic mass is 16.2. The molecule has 0 heterocycles. The van der Waals surface area contributed by atoms with Gasteiger partial charge in [0.15, 0.2) is 0 Å².